The first-order valence-corrected chi connectivity index (χ1v) is 15.5. The molecule has 230 valence electrons. The maximum absolute atomic E-state index is 13.5. The molecule has 2 aliphatic heterocycles. The number of allylic oxidation sites excluding steroid dienone is 2. The number of rotatable bonds is 10. The number of nitrogens with zero attached hydrogens (tertiary/aromatic N) is 3. The summed E-state index contributed by atoms with van der Waals surface area (Å²) < 4.78 is 38.3. The zero-order valence-corrected chi connectivity index (χ0v) is 25.6. The zero-order chi connectivity index (χ0) is 31.3. The number of ether oxygens (including phenoxy) is 2. The summed E-state index contributed by atoms with van der Waals surface area (Å²) in [5, 5.41) is 14.9. The van der Waals surface area contributed by atoms with Gasteiger partial charge < -0.3 is 14.8 Å². The van der Waals surface area contributed by atoms with Gasteiger partial charge in [0.15, 0.2) is 0 Å². The number of halogens is 1. The van der Waals surface area contributed by atoms with Gasteiger partial charge in [-0.05, 0) is 44.5 Å². The molecule has 1 N–H and O–H groups in total. The molecule has 4 rings (SSSR count). The minimum Gasteiger partial charge on any atom is -0.463 e. The van der Waals surface area contributed by atoms with Crippen molar-refractivity contribution in [3.8, 4) is 0 Å². The number of nitro benzene ring substituents is 1. The van der Waals surface area contributed by atoms with Crippen LogP contribution in [0.5, 0.6) is 0 Å². The third-order valence-corrected chi connectivity index (χ3v) is 9.43. The van der Waals surface area contributed by atoms with E-state index < -0.39 is 32.8 Å². The number of carbonyl (C=O) groups is 2. The van der Waals surface area contributed by atoms with Crippen LogP contribution in [0.15, 0.2) is 76.0 Å². The lowest BCUT2D eigenvalue weighted by Crippen LogP contribution is -2.49. The molecule has 0 amide bonds. The van der Waals surface area contributed by atoms with E-state index in [0.717, 1.165) is 0 Å². The highest BCUT2D eigenvalue weighted by molar-refractivity contribution is 7.89. The topological polar surface area (TPSA) is 148 Å². The van der Waals surface area contributed by atoms with E-state index in [0.29, 0.717) is 41.6 Å². The quantitative estimate of drug-likeness (QED) is 0.234. The second-order valence-corrected chi connectivity index (χ2v) is 12.4. The smallest absolute Gasteiger partial charge is 0.336 e. The minimum atomic E-state index is -3.69. The summed E-state index contributed by atoms with van der Waals surface area (Å²) in [5.41, 5.74) is 1.42. The van der Waals surface area contributed by atoms with Gasteiger partial charge >= 0.3 is 11.9 Å². The van der Waals surface area contributed by atoms with Crippen molar-refractivity contribution in [3.63, 3.8) is 0 Å². The van der Waals surface area contributed by atoms with Gasteiger partial charge in [0.2, 0.25) is 10.0 Å². The summed E-state index contributed by atoms with van der Waals surface area (Å²) in [6.45, 7) is 6.88. The van der Waals surface area contributed by atoms with Crippen LogP contribution in [0.1, 0.15) is 32.3 Å². The Bertz CT molecular complexity index is 1580. The van der Waals surface area contributed by atoms with Crippen molar-refractivity contribution < 1.29 is 32.4 Å². The fraction of sp³-hybridized carbons (Fsp3) is 0.379. The van der Waals surface area contributed by atoms with Crippen molar-refractivity contribution >= 4 is 39.3 Å². The third kappa shape index (κ3) is 7.24. The Labute approximate surface area is 255 Å². The highest BCUT2D eigenvalue weighted by Gasteiger charge is 2.38. The standard InChI is InChI=1S/C29H33ClN4O8S/c1-4-41-28(35)25-19(2)31-20(3)26(27(25)21-7-5-9-23(17-21)34(37)38)29(36)42-16-15-32-11-13-33(14-12-32)43(39,40)24-10-6-8-22(30)18-24/h5-10,17-18,27,31H,4,11-16H2,1-3H3/t27-/m0/s1. The third-order valence-electron chi connectivity index (χ3n) is 7.30. The largest absolute Gasteiger partial charge is 0.463 e. The average molecular weight is 633 g/mol. The SMILES string of the molecule is CCOC(=O)C1=C(C)NC(C)=C(C(=O)OCCN2CCN(S(=O)(=O)c3cccc(Cl)c3)CC2)[C@H]1c1cccc([N+](=O)[O-])c1. The monoisotopic (exact) mass is 632 g/mol. The Kier molecular flexibility index (Phi) is 10.2. The average Bonchev–Trinajstić information content (AvgIpc) is 2.97. The number of hydrogen-bond donors (Lipinski definition) is 1. The molecular weight excluding hydrogens is 600 g/mol. The van der Waals surface area contributed by atoms with Crippen LogP contribution >= 0.6 is 11.6 Å². The fourth-order valence-corrected chi connectivity index (χ4v) is 6.93. The summed E-state index contributed by atoms with van der Waals surface area (Å²) in [5.74, 6) is -2.28. The number of dihydropyridines is 1. The summed E-state index contributed by atoms with van der Waals surface area (Å²) in [6.07, 6.45) is 0. The molecule has 2 aromatic rings. The number of piperazine rings is 1. The van der Waals surface area contributed by atoms with Gasteiger partial charge in [0.25, 0.3) is 5.69 Å². The van der Waals surface area contributed by atoms with Crippen LogP contribution in [0.4, 0.5) is 5.69 Å². The van der Waals surface area contributed by atoms with Crippen LogP contribution in [0, 0.1) is 10.1 Å². The molecule has 0 bridgehead atoms. The number of nitro groups is 1. The molecule has 2 aromatic carbocycles. The number of hydrogen-bond acceptors (Lipinski definition) is 10. The first-order chi connectivity index (χ1) is 20.4. The molecule has 2 aliphatic rings. The van der Waals surface area contributed by atoms with E-state index in [1.807, 2.05) is 4.90 Å². The predicted molar refractivity (Wildman–Crippen MR) is 159 cm³/mol. The lowest BCUT2D eigenvalue weighted by atomic mass is 9.80. The Hall–Kier alpha value is -3.78. The second kappa shape index (κ2) is 13.7. The number of esters is 2. The molecule has 1 atom stereocenters. The zero-order valence-electron chi connectivity index (χ0n) is 24.0. The second-order valence-electron chi connectivity index (χ2n) is 10.0. The number of nitrogens with one attached hydrogen (secondary N) is 1. The van der Waals surface area contributed by atoms with Crippen molar-refractivity contribution in [1.82, 2.24) is 14.5 Å². The molecule has 43 heavy (non-hydrogen) atoms. The number of carbonyl (C=O) groups excluding carboxylic acids is 2. The molecule has 0 aromatic heterocycles. The molecule has 0 unspecified atom stereocenters. The lowest BCUT2D eigenvalue weighted by Gasteiger charge is -2.34. The molecule has 1 saturated heterocycles. The van der Waals surface area contributed by atoms with Crippen LogP contribution in [-0.4, -0.2) is 80.4 Å². The first kappa shape index (κ1) is 32.1. The van der Waals surface area contributed by atoms with Crippen molar-refractivity contribution in [2.45, 2.75) is 31.6 Å². The van der Waals surface area contributed by atoms with Gasteiger partial charge in [-0.25, -0.2) is 18.0 Å². The molecule has 1 fully saturated rings. The maximum atomic E-state index is 13.5. The fourth-order valence-electron chi connectivity index (χ4n) is 5.21. The maximum Gasteiger partial charge on any atom is 0.336 e. The number of non-ortho nitro benzene ring substituents is 1. The molecule has 0 spiro atoms. The van der Waals surface area contributed by atoms with E-state index in [9.17, 15) is 28.1 Å². The molecular formula is C29H33ClN4O8S. The van der Waals surface area contributed by atoms with Gasteiger partial charge in [-0.3, -0.25) is 15.0 Å². The number of sulfonamides is 1. The Morgan fingerprint density at radius 2 is 1.63 bits per heavy atom. The Balaban J connectivity index is 1.45. The highest BCUT2D eigenvalue weighted by atomic mass is 35.5. The van der Waals surface area contributed by atoms with Gasteiger partial charge in [-0.2, -0.15) is 4.31 Å². The van der Waals surface area contributed by atoms with E-state index in [2.05, 4.69) is 5.32 Å². The van der Waals surface area contributed by atoms with E-state index >= 15 is 0 Å². The van der Waals surface area contributed by atoms with Crippen LogP contribution < -0.4 is 5.32 Å². The van der Waals surface area contributed by atoms with Crippen LogP contribution in [0.2, 0.25) is 5.02 Å². The molecule has 0 aliphatic carbocycles. The highest BCUT2D eigenvalue weighted by Crippen LogP contribution is 2.40. The summed E-state index contributed by atoms with van der Waals surface area (Å²) in [6, 6.07) is 11.9. The summed E-state index contributed by atoms with van der Waals surface area (Å²) in [4.78, 5) is 39.6. The molecule has 0 saturated carbocycles. The van der Waals surface area contributed by atoms with Crippen LogP contribution in [0.25, 0.3) is 0 Å². The molecule has 2 heterocycles. The van der Waals surface area contributed by atoms with Crippen LogP contribution in [0.3, 0.4) is 0 Å². The van der Waals surface area contributed by atoms with Gasteiger partial charge in [0, 0.05) is 61.3 Å². The Morgan fingerprint density at radius 3 is 2.23 bits per heavy atom. The van der Waals surface area contributed by atoms with Crippen molar-refractivity contribution in [2.75, 3.05) is 45.9 Å². The minimum absolute atomic E-state index is 0.00967. The van der Waals surface area contributed by atoms with E-state index in [4.69, 9.17) is 21.1 Å². The van der Waals surface area contributed by atoms with E-state index in [1.54, 1.807) is 39.0 Å². The van der Waals surface area contributed by atoms with E-state index in [1.165, 1.54) is 34.6 Å². The summed E-state index contributed by atoms with van der Waals surface area (Å²) >= 11 is 5.98. The lowest BCUT2D eigenvalue weighted by molar-refractivity contribution is -0.384. The molecule has 0 radical (unpaired) electrons. The van der Waals surface area contributed by atoms with Crippen LogP contribution in [-0.2, 0) is 29.1 Å². The molecule has 14 heteroatoms. The normalized spacial score (nSPS) is 18.3. The van der Waals surface area contributed by atoms with Crippen molar-refractivity contribution in [2.24, 2.45) is 0 Å². The molecule has 12 nitrogen and oxygen atoms in total. The number of benzene rings is 2. The summed E-state index contributed by atoms with van der Waals surface area (Å²) in [7, 11) is -3.69. The Morgan fingerprint density at radius 1 is 1.00 bits per heavy atom. The van der Waals surface area contributed by atoms with Gasteiger partial charge in [0.1, 0.15) is 6.61 Å². The van der Waals surface area contributed by atoms with Gasteiger partial charge in [-0.1, -0.05) is 29.8 Å². The van der Waals surface area contributed by atoms with Crippen molar-refractivity contribution in [1.29, 1.82) is 0 Å². The predicted octanol–water partition coefficient (Wildman–Crippen LogP) is 3.60. The first-order valence-electron chi connectivity index (χ1n) is 13.7. The van der Waals surface area contributed by atoms with Crippen molar-refractivity contribution in [3.05, 3.63) is 91.8 Å². The van der Waals surface area contributed by atoms with E-state index in [-0.39, 0.29) is 48.0 Å². The van der Waals surface area contributed by atoms with Gasteiger partial charge in [0.05, 0.1) is 33.5 Å². The van der Waals surface area contributed by atoms with Gasteiger partial charge in [-0.15, -0.1) is 0 Å².